The average Bonchev–Trinajstić information content (AvgIpc) is 2.89. The van der Waals surface area contributed by atoms with E-state index in [1.165, 1.54) is 0 Å². The molecule has 0 radical (unpaired) electrons. The van der Waals surface area contributed by atoms with Crippen molar-refractivity contribution < 1.29 is 9.59 Å². The largest absolute Gasteiger partial charge is 0.360 e. The molecule has 5 heteroatoms. The number of halogens is 1. The van der Waals surface area contributed by atoms with E-state index in [4.69, 9.17) is 11.6 Å². The normalized spacial score (nSPS) is 15.6. The molecular weight excluding hydrogens is 276 g/mol. The highest BCUT2D eigenvalue weighted by Gasteiger charge is 2.26. The van der Waals surface area contributed by atoms with E-state index in [0.717, 1.165) is 24.8 Å². The molecule has 20 heavy (non-hydrogen) atoms. The van der Waals surface area contributed by atoms with E-state index in [9.17, 15) is 9.59 Å². The predicted molar refractivity (Wildman–Crippen MR) is 78.1 cm³/mol. The Bertz CT molecular complexity index is 672. The van der Waals surface area contributed by atoms with Crippen LogP contribution in [0.25, 0.3) is 10.9 Å². The van der Waals surface area contributed by atoms with E-state index in [1.54, 1.807) is 29.3 Å². The number of carbonyl (C=O) groups excluding carboxylic acids is 2. The van der Waals surface area contributed by atoms with Gasteiger partial charge in [0, 0.05) is 35.2 Å². The highest BCUT2D eigenvalue weighted by Crippen LogP contribution is 2.23. The van der Waals surface area contributed by atoms with E-state index in [0.29, 0.717) is 29.1 Å². The number of hydrogen-bond donors (Lipinski definition) is 1. The van der Waals surface area contributed by atoms with Crippen molar-refractivity contribution in [1.82, 2.24) is 9.88 Å². The number of likely N-dealkylation sites (tertiary alicyclic amines) is 1. The quantitative estimate of drug-likeness (QED) is 0.683. The van der Waals surface area contributed by atoms with Crippen LogP contribution < -0.4 is 0 Å². The van der Waals surface area contributed by atoms with Gasteiger partial charge in [0.2, 0.25) is 0 Å². The smallest absolute Gasteiger partial charge is 0.295 e. The second-order valence-electron chi connectivity index (χ2n) is 5.07. The van der Waals surface area contributed by atoms with Gasteiger partial charge in [-0.15, -0.1) is 0 Å². The first kappa shape index (κ1) is 13.2. The lowest BCUT2D eigenvalue weighted by atomic mass is 10.1. The summed E-state index contributed by atoms with van der Waals surface area (Å²) in [4.78, 5) is 29.3. The molecule has 3 rings (SSSR count). The van der Waals surface area contributed by atoms with Crippen LogP contribution in [0.1, 0.15) is 29.6 Å². The summed E-state index contributed by atoms with van der Waals surface area (Å²) in [6.45, 7) is 1.35. The molecule has 1 N–H and O–H groups in total. The maximum atomic E-state index is 12.4. The molecule has 1 amide bonds. The number of ketones is 1. The van der Waals surface area contributed by atoms with Crippen LogP contribution in [0.3, 0.4) is 0 Å². The standard InChI is InChI=1S/C15H15ClN2O2/c16-10-4-5-13-11(8-10)12(9-17-13)14(19)15(20)18-6-2-1-3-7-18/h4-5,8-9,17H,1-3,6-7H2. The first-order valence-electron chi connectivity index (χ1n) is 6.77. The van der Waals surface area contributed by atoms with Gasteiger partial charge < -0.3 is 9.88 Å². The summed E-state index contributed by atoms with van der Waals surface area (Å²) in [6, 6.07) is 5.27. The number of nitrogens with zero attached hydrogens (tertiary/aromatic N) is 1. The number of benzene rings is 1. The first-order valence-corrected chi connectivity index (χ1v) is 7.15. The second kappa shape index (κ2) is 5.29. The zero-order valence-corrected chi connectivity index (χ0v) is 11.7. The van der Waals surface area contributed by atoms with E-state index in [1.807, 2.05) is 0 Å². The van der Waals surface area contributed by atoms with Crippen LogP contribution in [-0.2, 0) is 4.79 Å². The summed E-state index contributed by atoms with van der Waals surface area (Å²) < 4.78 is 0. The molecule has 1 fully saturated rings. The van der Waals surface area contributed by atoms with Crippen molar-refractivity contribution in [2.75, 3.05) is 13.1 Å². The molecule has 0 unspecified atom stereocenters. The summed E-state index contributed by atoms with van der Waals surface area (Å²) in [5.74, 6) is -0.869. The molecule has 2 aromatic rings. The molecule has 1 saturated heterocycles. The summed E-state index contributed by atoms with van der Waals surface area (Å²) >= 11 is 5.96. The number of piperidine rings is 1. The van der Waals surface area contributed by atoms with Crippen LogP contribution in [-0.4, -0.2) is 34.7 Å². The number of Topliss-reactive ketones (excluding diaryl/α,β-unsaturated/α-hetero) is 1. The minimum absolute atomic E-state index is 0.401. The van der Waals surface area contributed by atoms with Crippen molar-refractivity contribution in [2.24, 2.45) is 0 Å². The molecule has 1 aliphatic rings. The maximum Gasteiger partial charge on any atom is 0.295 e. The fourth-order valence-electron chi connectivity index (χ4n) is 2.64. The second-order valence-corrected chi connectivity index (χ2v) is 5.51. The molecule has 0 atom stereocenters. The fraction of sp³-hybridized carbons (Fsp3) is 0.333. The molecule has 1 aromatic carbocycles. The molecule has 2 heterocycles. The Morgan fingerprint density at radius 3 is 2.65 bits per heavy atom. The third-order valence-corrected chi connectivity index (χ3v) is 3.96. The van der Waals surface area contributed by atoms with Gasteiger partial charge in [0.25, 0.3) is 11.7 Å². The number of amides is 1. The van der Waals surface area contributed by atoms with Gasteiger partial charge in [-0.3, -0.25) is 9.59 Å². The Labute approximate surface area is 121 Å². The highest BCUT2D eigenvalue weighted by atomic mass is 35.5. The van der Waals surface area contributed by atoms with Crippen LogP contribution in [0.2, 0.25) is 5.02 Å². The van der Waals surface area contributed by atoms with Crippen molar-refractivity contribution in [1.29, 1.82) is 0 Å². The lowest BCUT2D eigenvalue weighted by Crippen LogP contribution is -2.40. The predicted octanol–water partition coefficient (Wildman–Crippen LogP) is 3.02. The Hall–Kier alpha value is -1.81. The number of aromatic nitrogens is 1. The van der Waals surface area contributed by atoms with Crippen LogP contribution in [0.15, 0.2) is 24.4 Å². The molecule has 0 spiro atoms. The van der Waals surface area contributed by atoms with Gasteiger partial charge in [-0.25, -0.2) is 0 Å². The number of nitrogens with one attached hydrogen (secondary N) is 1. The maximum absolute atomic E-state index is 12.4. The third-order valence-electron chi connectivity index (χ3n) is 3.73. The van der Waals surface area contributed by atoms with E-state index < -0.39 is 11.7 Å². The Morgan fingerprint density at radius 2 is 1.90 bits per heavy atom. The zero-order chi connectivity index (χ0) is 14.1. The molecule has 0 bridgehead atoms. The van der Waals surface area contributed by atoms with Crippen molar-refractivity contribution in [3.8, 4) is 0 Å². The number of carbonyl (C=O) groups is 2. The lowest BCUT2D eigenvalue weighted by molar-refractivity contribution is -0.127. The van der Waals surface area contributed by atoms with Crippen LogP contribution in [0.4, 0.5) is 0 Å². The van der Waals surface area contributed by atoms with Crippen molar-refractivity contribution in [3.05, 3.63) is 35.0 Å². The summed E-state index contributed by atoms with van der Waals surface area (Å²) in [5, 5.41) is 1.25. The van der Waals surface area contributed by atoms with Gasteiger partial charge in [0.15, 0.2) is 0 Å². The SMILES string of the molecule is O=C(C(=O)N1CCCCC1)c1c[nH]c2ccc(Cl)cc12. The van der Waals surface area contributed by atoms with Gasteiger partial charge in [-0.1, -0.05) is 11.6 Å². The Morgan fingerprint density at radius 1 is 1.15 bits per heavy atom. The van der Waals surface area contributed by atoms with Gasteiger partial charge in [0.1, 0.15) is 0 Å². The molecule has 104 valence electrons. The number of hydrogen-bond acceptors (Lipinski definition) is 2. The molecule has 1 aliphatic heterocycles. The average molecular weight is 291 g/mol. The minimum atomic E-state index is -0.458. The fourth-order valence-corrected chi connectivity index (χ4v) is 2.81. The number of aromatic amines is 1. The minimum Gasteiger partial charge on any atom is -0.360 e. The van der Waals surface area contributed by atoms with Crippen molar-refractivity contribution >= 4 is 34.2 Å². The zero-order valence-electron chi connectivity index (χ0n) is 11.0. The third kappa shape index (κ3) is 2.31. The van der Waals surface area contributed by atoms with E-state index in [2.05, 4.69) is 4.98 Å². The highest BCUT2D eigenvalue weighted by molar-refractivity contribution is 6.45. The first-order chi connectivity index (χ1) is 9.66. The Balaban J connectivity index is 1.91. The molecular formula is C15H15ClN2O2. The van der Waals surface area contributed by atoms with Crippen LogP contribution in [0.5, 0.6) is 0 Å². The monoisotopic (exact) mass is 290 g/mol. The van der Waals surface area contributed by atoms with Gasteiger partial charge >= 0.3 is 0 Å². The van der Waals surface area contributed by atoms with Gasteiger partial charge in [-0.2, -0.15) is 0 Å². The van der Waals surface area contributed by atoms with Crippen molar-refractivity contribution in [3.63, 3.8) is 0 Å². The summed E-state index contributed by atoms with van der Waals surface area (Å²) in [6.07, 6.45) is 4.66. The number of rotatable bonds is 2. The van der Waals surface area contributed by atoms with E-state index >= 15 is 0 Å². The molecule has 0 saturated carbocycles. The van der Waals surface area contributed by atoms with Gasteiger partial charge in [0.05, 0.1) is 5.56 Å². The number of fused-ring (bicyclic) bond motifs is 1. The van der Waals surface area contributed by atoms with Crippen LogP contribution >= 0.6 is 11.6 Å². The van der Waals surface area contributed by atoms with Crippen LogP contribution in [0, 0.1) is 0 Å². The van der Waals surface area contributed by atoms with Gasteiger partial charge in [-0.05, 0) is 37.5 Å². The Kier molecular flexibility index (Phi) is 3.49. The van der Waals surface area contributed by atoms with E-state index in [-0.39, 0.29) is 0 Å². The summed E-state index contributed by atoms with van der Waals surface area (Å²) in [5.41, 5.74) is 1.21. The molecule has 0 aliphatic carbocycles. The van der Waals surface area contributed by atoms with Crippen molar-refractivity contribution in [2.45, 2.75) is 19.3 Å². The molecule has 4 nitrogen and oxygen atoms in total. The lowest BCUT2D eigenvalue weighted by Gasteiger charge is -2.25. The molecule has 1 aromatic heterocycles. The number of H-pyrrole nitrogens is 1. The topological polar surface area (TPSA) is 53.2 Å². The summed E-state index contributed by atoms with van der Waals surface area (Å²) in [7, 11) is 0.